The van der Waals surface area contributed by atoms with E-state index in [9.17, 15) is 39.9 Å². The number of carbonyl (C=O) groups excluding carboxylic acids is 2. The first-order chi connectivity index (χ1) is 23.0. The number of aromatic hydroxyl groups is 4. The van der Waals surface area contributed by atoms with Crippen molar-refractivity contribution in [1.29, 1.82) is 0 Å². The van der Waals surface area contributed by atoms with Crippen LogP contribution in [-0.2, 0) is 25.8 Å². The third-order valence-corrected chi connectivity index (χ3v) is 11.1. The molecule has 0 aliphatic carbocycles. The molecule has 0 bridgehead atoms. The number of carbonyl (C=O) groups is 3. The molecular formula is C28H23N7O9S4. The van der Waals surface area contributed by atoms with Crippen molar-refractivity contribution in [1.82, 2.24) is 25.4 Å². The summed E-state index contributed by atoms with van der Waals surface area (Å²) in [6, 6.07) is 7.01. The van der Waals surface area contributed by atoms with Gasteiger partial charge in [0.15, 0.2) is 26.7 Å². The number of nitrogens with zero attached hydrogens (tertiary/aromatic N) is 5. The van der Waals surface area contributed by atoms with Gasteiger partial charge in [-0.1, -0.05) is 34.3 Å². The number of phenolic OH excluding ortho intramolecular Hbond substituents is 4. The average molecular weight is 730 g/mol. The van der Waals surface area contributed by atoms with Crippen molar-refractivity contribution in [2.75, 3.05) is 17.2 Å². The predicted octanol–water partition coefficient (Wildman–Crippen LogP) is 2.52. The van der Waals surface area contributed by atoms with Crippen LogP contribution in [0.3, 0.4) is 0 Å². The standard InChI is InChI=1S/C28H23N7O9S4/c29-27-30-16(10-46-27)19(34-44-7-11-1-2-17(38)18(39)3-11)22(40)31-20-24(41)35-21(26(42)43)13(8-45-25(20)35)9-47-28-33-32-23(48-28)12-4-14(36)6-15(37)5-12/h1-6,10,20,25,36-39H,7-9H2,(H2,29,30)(H,31,40)(H,42,43)/t20-,25-/m1/s1. The fourth-order valence-corrected chi connectivity index (χ4v) is 8.56. The molecule has 2 amide bonds. The number of carboxylic acid groups (broad SMARTS) is 1. The zero-order valence-corrected chi connectivity index (χ0v) is 27.4. The fourth-order valence-electron chi connectivity index (χ4n) is 4.69. The van der Waals surface area contributed by atoms with Gasteiger partial charge in [-0.15, -0.1) is 33.3 Å². The third kappa shape index (κ3) is 6.81. The highest BCUT2D eigenvalue weighted by Crippen LogP contribution is 2.42. The lowest BCUT2D eigenvalue weighted by Crippen LogP contribution is -2.71. The number of nitrogens with one attached hydrogen (secondary N) is 1. The van der Waals surface area contributed by atoms with Gasteiger partial charge in [0, 0.05) is 28.5 Å². The summed E-state index contributed by atoms with van der Waals surface area (Å²) in [5, 5.41) is 64.9. The van der Waals surface area contributed by atoms with Gasteiger partial charge in [-0.3, -0.25) is 14.5 Å². The van der Waals surface area contributed by atoms with Crippen molar-refractivity contribution in [3.05, 3.63) is 64.3 Å². The predicted molar refractivity (Wildman–Crippen MR) is 177 cm³/mol. The van der Waals surface area contributed by atoms with Crippen LogP contribution in [0, 0.1) is 0 Å². The smallest absolute Gasteiger partial charge is 0.352 e. The maximum absolute atomic E-state index is 13.4. The highest BCUT2D eigenvalue weighted by Gasteiger charge is 2.54. The summed E-state index contributed by atoms with van der Waals surface area (Å²) < 4.78 is 0.510. The largest absolute Gasteiger partial charge is 0.508 e. The Bertz CT molecular complexity index is 1980. The maximum atomic E-state index is 13.4. The molecule has 0 unspecified atom stereocenters. The van der Waals surface area contributed by atoms with Crippen LogP contribution in [0.5, 0.6) is 23.0 Å². The van der Waals surface area contributed by atoms with Crippen molar-refractivity contribution in [3.63, 3.8) is 0 Å². The molecular weight excluding hydrogens is 707 g/mol. The van der Waals surface area contributed by atoms with Gasteiger partial charge in [0.2, 0.25) is 0 Å². The summed E-state index contributed by atoms with van der Waals surface area (Å²) in [6.07, 6.45) is 0. The number of oxime groups is 1. The third-order valence-electron chi connectivity index (χ3n) is 6.87. The molecule has 2 aromatic heterocycles. The van der Waals surface area contributed by atoms with Crippen LogP contribution >= 0.6 is 46.2 Å². The number of aromatic nitrogens is 3. The summed E-state index contributed by atoms with van der Waals surface area (Å²) in [5.41, 5.74) is 6.78. The van der Waals surface area contributed by atoms with Crippen molar-refractivity contribution < 1.29 is 44.8 Å². The number of β-lactam (4-membered cyclic amide) rings is 1. The molecule has 20 heteroatoms. The SMILES string of the molecule is Nc1nc(C(=NOCc2ccc(O)c(O)c2)C(=O)N[C@@H]2C(=O)N3C(C(=O)O)=C(CSc4nnc(-c5cc(O)cc(O)c5)s4)CS[C@H]23)cs1. The topological polar surface area (TPSA) is 254 Å². The van der Waals surface area contributed by atoms with E-state index in [4.69, 9.17) is 10.6 Å². The number of hydrogen-bond donors (Lipinski definition) is 7. The number of amides is 2. The number of carboxylic acids is 1. The van der Waals surface area contributed by atoms with Crippen LogP contribution in [0.25, 0.3) is 10.6 Å². The van der Waals surface area contributed by atoms with Gasteiger partial charge in [-0.25, -0.2) is 9.78 Å². The molecule has 16 nitrogen and oxygen atoms in total. The van der Waals surface area contributed by atoms with E-state index in [1.807, 2.05) is 0 Å². The molecule has 48 heavy (non-hydrogen) atoms. The van der Waals surface area contributed by atoms with E-state index in [1.165, 1.54) is 76.6 Å². The lowest BCUT2D eigenvalue weighted by Gasteiger charge is -2.49. The van der Waals surface area contributed by atoms with Crippen molar-refractivity contribution >= 4 is 74.8 Å². The number of benzene rings is 2. The molecule has 0 saturated carbocycles. The van der Waals surface area contributed by atoms with Gasteiger partial charge in [0.1, 0.15) is 45.9 Å². The first-order valence-corrected chi connectivity index (χ1v) is 17.3. The minimum atomic E-state index is -1.30. The zero-order chi connectivity index (χ0) is 34.1. The van der Waals surface area contributed by atoms with Crippen molar-refractivity contribution in [2.45, 2.75) is 22.4 Å². The highest BCUT2D eigenvalue weighted by atomic mass is 32.2. The number of fused-ring (bicyclic) bond motifs is 1. The Labute approximate surface area is 286 Å². The number of thioether (sulfide) groups is 2. The molecule has 2 atom stereocenters. The quantitative estimate of drug-likeness (QED) is 0.0385. The molecule has 1 saturated heterocycles. The number of thiazole rings is 1. The Kier molecular flexibility index (Phi) is 9.31. The fraction of sp³-hybridized carbons (Fsp3) is 0.179. The Morgan fingerprint density at radius 2 is 1.88 bits per heavy atom. The van der Waals surface area contributed by atoms with Crippen LogP contribution in [0.4, 0.5) is 5.13 Å². The Hall–Kier alpha value is -5.05. The monoisotopic (exact) mass is 729 g/mol. The summed E-state index contributed by atoms with van der Waals surface area (Å²) in [6.45, 7) is -0.176. The minimum Gasteiger partial charge on any atom is -0.508 e. The molecule has 0 spiro atoms. The Morgan fingerprint density at radius 1 is 1.10 bits per heavy atom. The number of phenols is 4. The van der Waals surface area contributed by atoms with Crippen LogP contribution in [0.2, 0.25) is 0 Å². The lowest BCUT2D eigenvalue weighted by atomic mass is 10.0. The number of nitrogens with two attached hydrogens (primary N) is 1. The molecule has 2 aliphatic rings. The number of rotatable bonds is 11. The van der Waals surface area contributed by atoms with E-state index < -0.39 is 29.2 Å². The number of nitrogen functional groups attached to an aromatic ring is 1. The van der Waals surface area contributed by atoms with E-state index in [-0.39, 0.29) is 63.3 Å². The summed E-state index contributed by atoms with van der Waals surface area (Å²) in [7, 11) is 0. The molecule has 248 valence electrons. The number of aliphatic carboxylic acids is 1. The van der Waals surface area contributed by atoms with Gasteiger partial charge in [-0.2, -0.15) is 0 Å². The molecule has 0 radical (unpaired) electrons. The first kappa shape index (κ1) is 32.9. The van der Waals surface area contributed by atoms with E-state index in [2.05, 4.69) is 25.7 Å². The Balaban J connectivity index is 1.14. The molecule has 4 heterocycles. The molecule has 1 fully saturated rings. The summed E-state index contributed by atoms with van der Waals surface area (Å²) in [4.78, 5) is 49.6. The second kappa shape index (κ2) is 13.6. The second-order valence-corrected chi connectivity index (χ2v) is 14.3. The summed E-state index contributed by atoms with van der Waals surface area (Å²) in [5.74, 6) is -3.21. The van der Waals surface area contributed by atoms with Crippen LogP contribution in [0.1, 0.15) is 11.3 Å². The van der Waals surface area contributed by atoms with Gasteiger partial charge >= 0.3 is 5.97 Å². The summed E-state index contributed by atoms with van der Waals surface area (Å²) >= 11 is 4.76. The minimum absolute atomic E-state index is 0.0922. The van der Waals surface area contributed by atoms with Crippen LogP contribution < -0.4 is 11.1 Å². The van der Waals surface area contributed by atoms with E-state index in [1.54, 1.807) is 0 Å². The molecule has 8 N–H and O–H groups in total. The molecule has 2 aromatic carbocycles. The van der Waals surface area contributed by atoms with Crippen molar-refractivity contribution in [3.8, 4) is 33.6 Å². The van der Waals surface area contributed by atoms with E-state index in [0.29, 0.717) is 26.0 Å². The normalized spacial score (nSPS) is 17.5. The molecule has 6 rings (SSSR count). The second-order valence-electron chi connectivity index (χ2n) is 10.1. The van der Waals surface area contributed by atoms with E-state index in [0.717, 1.165) is 16.2 Å². The van der Waals surface area contributed by atoms with Crippen LogP contribution in [-0.4, -0.2) is 92.0 Å². The van der Waals surface area contributed by atoms with Gasteiger partial charge in [0.05, 0.1) is 0 Å². The van der Waals surface area contributed by atoms with Crippen molar-refractivity contribution in [2.24, 2.45) is 5.16 Å². The average Bonchev–Trinajstić information content (AvgIpc) is 3.70. The zero-order valence-electron chi connectivity index (χ0n) is 24.1. The molecule has 4 aromatic rings. The highest BCUT2D eigenvalue weighted by molar-refractivity contribution is 8.01. The lowest BCUT2D eigenvalue weighted by molar-refractivity contribution is -0.150. The first-order valence-electron chi connectivity index (χ1n) is 13.6. The number of hydrogen-bond acceptors (Lipinski definition) is 17. The van der Waals surface area contributed by atoms with E-state index >= 15 is 0 Å². The molecule has 2 aliphatic heterocycles. The van der Waals surface area contributed by atoms with Crippen LogP contribution in [0.15, 0.2) is 62.5 Å². The maximum Gasteiger partial charge on any atom is 0.352 e. The number of anilines is 1. The van der Waals surface area contributed by atoms with Gasteiger partial charge in [-0.05, 0) is 35.4 Å². The van der Waals surface area contributed by atoms with Gasteiger partial charge < -0.3 is 41.4 Å². The van der Waals surface area contributed by atoms with Gasteiger partial charge in [0.25, 0.3) is 11.8 Å². The Morgan fingerprint density at radius 3 is 2.56 bits per heavy atom.